The molecule has 0 heterocycles. The third kappa shape index (κ3) is 91.8. The van der Waals surface area contributed by atoms with Gasteiger partial charge in [-0.2, -0.15) is 0 Å². The van der Waals surface area contributed by atoms with Crippen molar-refractivity contribution < 1.29 is 40.2 Å². The van der Waals surface area contributed by atoms with Crippen molar-refractivity contribution in [2.24, 2.45) is 0 Å². The van der Waals surface area contributed by atoms with Gasteiger partial charge in [-0.1, -0.05) is 6.08 Å². The van der Waals surface area contributed by atoms with Gasteiger partial charge in [-0.05, 0) is 6.92 Å². The number of carbonyl (C=O) groups is 2. The van der Waals surface area contributed by atoms with E-state index in [0.29, 0.717) is 0 Å². The topological polar surface area (TPSA) is 80.3 Å². The first-order valence-electron chi connectivity index (χ1n) is 2.49. The molecule has 0 aliphatic rings. The molecule has 4 nitrogen and oxygen atoms in total. The summed E-state index contributed by atoms with van der Waals surface area (Å²) < 4.78 is 0. The summed E-state index contributed by atoms with van der Waals surface area (Å²) in [6, 6.07) is 0. The zero-order valence-electron chi connectivity index (χ0n) is 5.94. The fraction of sp³-hybridized carbons (Fsp3) is 0.333. The molecule has 0 aliphatic heterocycles. The maximum atomic E-state index is 9.42. The SMILES string of the molecule is C=CCC(=O)[O-].CC(=O)[O-].[Pd+2]. The molecule has 0 saturated carbocycles. The van der Waals surface area contributed by atoms with Crippen molar-refractivity contribution in [2.45, 2.75) is 13.3 Å². The molecule has 0 unspecified atom stereocenters. The Hall–Kier alpha value is -0.658. The van der Waals surface area contributed by atoms with Crippen molar-refractivity contribution in [1.29, 1.82) is 0 Å². The maximum Gasteiger partial charge on any atom is 2.00 e. The molecule has 0 saturated heterocycles. The number of aliphatic carboxylic acids is 2. The van der Waals surface area contributed by atoms with Crippen molar-refractivity contribution in [3.63, 3.8) is 0 Å². The standard InChI is InChI=1S/C4H6O2.C2H4O2.Pd/c1-2-3-4(5)6;1-2(3)4;/h2H,1,3H2,(H,5,6);1H3,(H,3,4);/q;;+2/p-2. The molecule has 0 rings (SSSR count). The Bertz CT molecular complexity index is 129. The molecule has 0 N–H and O–H groups in total. The molecule has 5 heteroatoms. The maximum absolute atomic E-state index is 9.42. The molecule has 0 fully saturated rings. The van der Waals surface area contributed by atoms with E-state index in [0.717, 1.165) is 6.92 Å². The van der Waals surface area contributed by atoms with Crippen LogP contribution in [0, 0.1) is 0 Å². The van der Waals surface area contributed by atoms with Crippen LogP contribution < -0.4 is 10.2 Å². The second-order valence-corrected chi connectivity index (χ2v) is 1.36. The van der Waals surface area contributed by atoms with E-state index in [-0.39, 0.29) is 26.8 Å². The summed E-state index contributed by atoms with van der Waals surface area (Å²) >= 11 is 0. The van der Waals surface area contributed by atoms with Gasteiger partial charge in [0.15, 0.2) is 0 Å². The van der Waals surface area contributed by atoms with Crippen LogP contribution in [0.1, 0.15) is 13.3 Å². The van der Waals surface area contributed by atoms with Crippen LogP contribution in [-0.4, -0.2) is 11.9 Å². The fourth-order valence-electron chi connectivity index (χ4n) is 0.118. The first-order chi connectivity index (χ1) is 4.50. The molecule has 0 aromatic rings. The number of hydrogen-bond donors (Lipinski definition) is 0. The predicted molar refractivity (Wildman–Crippen MR) is 30.5 cm³/mol. The summed E-state index contributed by atoms with van der Waals surface area (Å²) in [5.41, 5.74) is 0. The van der Waals surface area contributed by atoms with Crippen molar-refractivity contribution in [2.75, 3.05) is 0 Å². The van der Waals surface area contributed by atoms with Crippen LogP contribution in [-0.2, 0) is 30.0 Å². The minimum Gasteiger partial charge on any atom is -0.550 e. The number of hydrogen-bond acceptors (Lipinski definition) is 4. The summed E-state index contributed by atoms with van der Waals surface area (Å²) in [5.74, 6) is -2.16. The van der Waals surface area contributed by atoms with Gasteiger partial charge in [0.1, 0.15) is 0 Å². The first-order valence-corrected chi connectivity index (χ1v) is 2.49. The third-order valence-electron chi connectivity index (χ3n) is 0.311. The van der Waals surface area contributed by atoms with E-state index < -0.39 is 11.9 Å². The average molecular weight is 251 g/mol. The monoisotopic (exact) mass is 250 g/mol. The fourth-order valence-corrected chi connectivity index (χ4v) is 0.118. The van der Waals surface area contributed by atoms with Gasteiger partial charge in [-0.15, -0.1) is 6.58 Å². The normalized spacial score (nSPS) is 6.27. The summed E-state index contributed by atoms with van der Waals surface area (Å²) in [6.07, 6.45) is 1.23. The van der Waals surface area contributed by atoms with Crippen molar-refractivity contribution in [3.05, 3.63) is 12.7 Å². The second kappa shape index (κ2) is 12.1. The Balaban J connectivity index is -0.000000114. The zero-order valence-corrected chi connectivity index (χ0v) is 7.50. The molecule has 0 aromatic carbocycles. The average Bonchev–Trinajstić information content (AvgIpc) is 1.62. The Morgan fingerprint density at radius 3 is 1.73 bits per heavy atom. The van der Waals surface area contributed by atoms with E-state index >= 15 is 0 Å². The van der Waals surface area contributed by atoms with Crippen molar-refractivity contribution in [3.8, 4) is 0 Å². The van der Waals surface area contributed by atoms with Crippen molar-refractivity contribution >= 4 is 11.9 Å². The number of carboxylic acid groups (broad SMARTS) is 2. The van der Waals surface area contributed by atoms with Crippen LogP contribution in [0.3, 0.4) is 0 Å². The summed E-state index contributed by atoms with van der Waals surface area (Å²) in [7, 11) is 0. The Morgan fingerprint density at radius 1 is 1.45 bits per heavy atom. The first kappa shape index (κ1) is 16.7. The van der Waals surface area contributed by atoms with E-state index in [1.54, 1.807) is 0 Å². The molecular weight excluding hydrogens is 242 g/mol. The molecule has 0 atom stereocenters. The van der Waals surface area contributed by atoms with Gasteiger partial charge in [0, 0.05) is 18.4 Å². The molecule has 66 valence electrons. The molecule has 0 aromatic heterocycles. The molecule has 0 spiro atoms. The van der Waals surface area contributed by atoms with Crippen LogP contribution in [0.4, 0.5) is 0 Å². The largest absolute Gasteiger partial charge is 2.00 e. The van der Waals surface area contributed by atoms with Crippen LogP contribution in [0.25, 0.3) is 0 Å². The van der Waals surface area contributed by atoms with Gasteiger partial charge in [0.2, 0.25) is 0 Å². The molecule has 0 amide bonds. The van der Waals surface area contributed by atoms with E-state index in [2.05, 4.69) is 6.58 Å². The van der Waals surface area contributed by atoms with Crippen molar-refractivity contribution in [1.82, 2.24) is 0 Å². The zero-order chi connectivity index (χ0) is 8.57. The van der Waals surface area contributed by atoms with Gasteiger partial charge in [0.05, 0.1) is 0 Å². The predicted octanol–water partition coefficient (Wildman–Crippen LogP) is -1.93. The third-order valence-corrected chi connectivity index (χ3v) is 0.311. The molecule has 0 bridgehead atoms. The number of rotatable bonds is 2. The van der Waals surface area contributed by atoms with Gasteiger partial charge < -0.3 is 19.8 Å². The Labute approximate surface area is 78.6 Å². The summed E-state index contributed by atoms with van der Waals surface area (Å²) in [6.45, 7) is 4.15. The number of carbonyl (C=O) groups excluding carboxylic acids is 2. The van der Waals surface area contributed by atoms with E-state index in [9.17, 15) is 9.90 Å². The van der Waals surface area contributed by atoms with Crippen LogP contribution in [0.15, 0.2) is 12.7 Å². The molecule has 0 aliphatic carbocycles. The minimum atomic E-state index is -1.08. The van der Waals surface area contributed by atoms with Crippen LogP contribution in [0.5, 0.6) is 0 Å². The molecule has 0 radical (unpaired) electrons. The van der Waals surface area contributed by atoms with Crippen LogP contribution in [0.2, 0.25) is 0 Å². The van der Waals surface area contributed by atoms with E-state index in [4.69, 9.17) is 9.90 Å². The smallest absolute Gasteiger partial charge is 0.550 e. The Kier molecular flexibility index (Phi) is 18.4. The Morgan fingerprint density at radius 2 is 1.73 bits per heavy atom. The minimum absolute atomic E-state index is 0. The van der Waals surface area contributed by atoms with Gasteiger partial charge >= 0.3 is 20.4 Å². The number of carboxylic acids is 2. The van der Waals surface area contributed by atoms with E-state index in [1.807, 2.05) is 0 Å². The van der Waals surface area contributed by atoms with Crippen LogP contribution >= 0.6 is 0 Å². The van der Waals surface area contributed by atoms with Gasteiger partial charge in [-0.25, -0.2) is 0 Å². The van der Waals surface area contributed by atoms with Gasteiger partial charge in [0.25, 0.3) is 0 Å². The van der Waals surface area contributed by atoms with Gasteiger partial charge in [-0.3, -0.25) is 0 Å². The summed E-state index contributed by atoms with van der Waals surface area (Å²) in [5, 5.41) is 18.3. The molecule has 11 heavy (non-hydrogen) atoms. The second-order valence-electron chi connectivity index (χ2n) is 1.36. The quantitative estimate of drug-likeness (QED) is 0.422. The summed E-state index contributed by atoms with van der Waals surface area (Å²) in [4.78, 5) is 18.3. The van der Waals surface area contributed by atoms with E-state index in [1.165, 1.54) is 6.08 Å². The molecular formula is C6H8O4Pd.